The highest BCUT2D eigenvalue weighted by Gasteiger charge is 2.37. The number of rotatable bonds is 3. The number of hydrogen-bond acceptors (Lipinski definition) is 7. The molecule has 1 atom stereocenters. The Kier molecular flexibility index (Phi) is 4.51. The summed E-state index contributed by atoms with van der Waals surface area (Å²) in [5.74, 6) is 0.633. The number of hydrogen-bond donors (Lipinski definition) is 2. The third-order valence-electron chi connectivity index (χ3n) is 5.58. The topological polar surface area (TPSA) is 112 Å². The Labute approximate surface area is 177 Å². The summed E-state index contributed by atoms with van der Waals surface area (Å²) >= 11 is 1.44. The Balaban J connectivity index is 1.52. The molecule has 0 fully saturated rings. The van der Waals surface area contributed by atoms with Crippen molar-refractivity contribution in [3.63, 3.8) is 0 Å². The van der Waals surface area contributed by atoms with Crippen molar-refractivity contribution in [2.75, 3.05) is 0 Å². The van der Waals surface area contributed by atoms with Gasteiger partial charge >= 0.3 is 0 Å². The number of imidazole rings is 1. The first-order chi connectivity index (χ1) is 14.6. The van der Waals surface area contributed by atoms with Gasteiger partial charge in [-0.25, -0.2) is 9.98 Å². The van der Waals surface area contributed by atoms with Crippen LogP contribution in [0.2, 0.25) is 0 Å². The number of carbonyl (C=O) groups excluding carboxylic acids is 1. The van der Waals surface area contributed by atoms with Crippen molar-refractivity contribution in [2.45, 2.75) is 35.4 Å². The first-order valence-corrected chi connectivity index (χ1v) is 10.6. The molecular formula is C22H21N5O2S. The van der Waals surface area contributed by atoms with Crippen molar-refractivity contribution in [1.82, 2.24) is 9.55 Å². The van der Waals surface area contributed by atoms with Crippen LogP contribution in [0.3, 0.4) is 0 Å². The molecule has 1 unspecified atom stereocenters. The summed E-state index contributed by atoms with van der Waals surface area (Å²) in [5, 5.41) is 1.51. The van der Waals surface area contributed by atoms with Gasteiger partial charge in [-0.05, 0) is 48.9 Å². The number of carbonyl (C=O) groups is 1. The summed E-state index contributed by atoms with van der Waals surface area (Å²) in [6.45, 7) is 0. The van der Waals surface area contributed by atoms with Crippen LogP contribution in [0.15, 0.2) is 79.1 Å². The Hall–Kier alpha value is -3.26. The van der Waals surface area contributed by atoms with Gasteiger partial charge in [-0.3, -0.25) is 4.79 Å². The van der Waals surface area contributed by atoms with Crippen LogP contribution in [-0.4, -0.2) is 21.2 Å². The molecule has 2 aliphatic rings. The highest BCUT2D eigenvalue weighted by Crippen LogP contribution is 2.43. The van der Waals surface area contributed by atoms with E-state index in [2.05, 4.69) is 9.98 Å². The molecule has 0 saturated carbocycles. The molecule has 1 aliphatic carbocycles. The van der Waals surface area contributed by atoms with E-state index in [0.717, 1.165) is 34.7 Å². The Morgan fingerprint density at radius 2 is 2.07 bits per heavy atom. The molecule has 3 aromatic rings. The molecule has 0 amide bonds. The maximum atomic E-state index is 12.7. The highest BCUT2D eigenvalue weighted by molar-refractivity contribution is 7.99. The van der Waals surface area contributed by atoms with Crippen molar-refractivity contribution >= 4 is 34.4 Å². The molecule has 3 heterocycles. The van der Waals surface area contributed by atoms with Gasteiger partial charge in [0.15, 0.2) is 16.0 Å². The van der Waals surface area contributed by atoms with Gasteiger partial charge in [0.25, 0.3) is 0 Å². The number of amidine groups is 1. The smallest absolute Gasteiger partial charge is 0.176 e. The molecule has 1 aliphatic heterocycles. The van der Waals surface area contributed by atoms with Crippen LogP contribution in [0.1, 0.15) is 30.9 Å². The van der Waals surface area contributed by atoms with E-state index in [1.54, 1.807) is 0 Å². The molecule has 0 saturated heterocycles. The fraction of sp³-hybridized carbons (Fsp3) is 0.227. The third kappa shape index (κ3) is 2.95. The monoisotopic (exact) mass is 419 g/mol. The van der Waals surface area contributed by atoms with Crippen molar-refractivity contribution in [1.29, 1.82) is 0 Å². The minimum Gasteiger partial charge on any atom is -0.453 e. The zero-order chi connectivity index (χ0) is 20.8. The molecule has 152 valence electrons. The van der Waals surface area contributed by atoms with Crippen LogP contribution >= 0.6 is 11.8 Å². The van der Waals surface area contributed by atoms with Crippen LogP contribution in [-0.2, 0) is 11.8 Å². The predicted molar refractivity (Wildman–Crippen MR) is 116 cm³/mol. The van der Waals surface area contributed by atoms with E-state index in [0.29, 0.717) is 34.3 Å². The SMILES string of the molecule is Cn1c(Sc2ccc(C3C4=C(CCCC4=O)N=C(N)/C3=C\N)o2)nc2ccccc21. The van der Waals surface area contributed by atoms with Gasteiger partial charge in [0, 0.05) is 30.8 Å². The highest BCUT2D eigenvalue weighted by atomic mass is 32.2. The molecule has 5 rings (SSSR count). The molecule has 0 bridgehead atoms. The summed E-state index contributed by atoms with van der Waals surface area (Å²) in [6.07, 6.45) is 3.45. The van der Waals surface area contributed by atoms with Crippen LogP contribution in [0.5, 0.6) is 0 Å². The van der Waals surface area contributed by atoms with Crippen molar-refractivity contribution in [3.8, 4) is 0 Å². The number of aryl methyl sites for hydroxylation is 1. The zero-order valence-electron chi connectivity index (χ0n) is 16.5. The molecule has 30 heavy (non-hydrogen) atoms. The summed E-state index contributed by atoms with van der Waals surface area (Å²) in [6, 6.07) is 11.7. The summed E-state index contributed by atoms with van der Waals surface area (Å²) in [4.78, 5) is 21.8. The van der Waals surface area contributed by atoms with Gasteiger partial charge in [0.05, 0.1) is 22.6 Å². The average Bonchev–Trinajstić information content (AvgIpc) is 3.32. The van der Waals surface area contributed by atoms with E-state index in [9.17, 15) is 4.79 Å². The van der Waals surface area contributed by atoms with Crippen molar-refractivity contribution in [2.24, 2.45) is 23.5 Å². The molecule has 7 nitrogen and oxygen atoms in total. The number of aromatic nitrogens is 2. The van der Waals surface area contributed by atoms with Crippen molar-refractivity contribution < 1.29 is 9.21 Å². The van der Waals surface area contributed by atoms with Gasteiger partial charge in [-0.15, -0.1) is 0 Å². The van der Waals surface area contributed by atoms with E-state index < -0.39 is 5.92 Å². The lowest BCUT2D eigenvalue weighted by Gasteiger charge is -2.29. The molecule has 8 heteroatoms. The number of fused-ring (bicyclic) bond motifs is 1. The van der Waals surface area contributed by atoms with Crippen molar-refractivity contribution in [3.05, 3.63) is 65.2 Å². The maximum absolute atomic E-state index is 12.7. The minimum absolute atomic E-state index is 0.0813. The second-order valence-electron chi connectivity index (χ2n) is 7.39. The van der Waals surface area contributed by atoms with E-state index in [4.69, 9.17) is 15.9 Å². The van der Waals surface area contributed by atoms with Gasteiger partial charge in [0.1, 0.15) is 11.6 Å². The molecular weight excluding hydrogens is 398 g/mol. The Bertz CT molecular complexity index is 1260. The molecule has 4 N–H and O–H groups in total. The second kappa shape index (κ2) is 7.21. The Morgan fingerprint density at radius 3 is 2.87 bits per heavy atom. The number of allylic oxidation sites excluding steroid dienone is 2. The quantitative estimate of drug-likeness (QED) is 0.670. The lowest BCUT2D eigenvalue weighted by atomic mass is 9.78. The summed E-state index contributed by atoms with van der Waals surface area (Å²) in [7, 11) is 1.98. The van der Waals surface area contributed by atoms with Gasteiger partial charge in [-0.2, -0.15) is 0 Å². The van der Waals surface area contributed by atoms with Crippen LogP contribution in [0, 0.1) is 0 Å². The molecule has 1 aromatic carbocycles. The number of nitrogens with zero attached hydrogens (tertiary/aromatic N) is 3. The number of Topliss-reactive ketones (excluding diaryl/α,β-unsaturated/α-hetero) is 1. The largest absolute Gasteiger partial charge is 0.453 e. The zero-order valence-corrected chi connectivity index (χ0v) is 17.3. The molecule has 2 aromatic heterocycles. The number of ketones is 1. The molecule has 0 radical (unpaired) electrons. The average molecular weight is 420 g/mol. The number of benzene rings is 1. The number of para-hydroxylation sites is 2. The standard InChI is InChI=1S/C22H21N5O2S/c1-27-15-7-3-2-5-13(15)26-22(27)30-18-10-9-17(29-18)19-12(11-23)21(24)25-14-6-4-8-16(28)20(14)19/h2-3,5,7,9-11,19H,4,6,8,23H2,1H3,(H2,24,25)/b12-11-. The predicted octanol–water partition coefficient (Wildman–Crippen LogP) is 3.62. The number of aliphatic imine (C=N–C) groups is 1. The van der Waals surface area contributed by atoms with E-state index in [1.165, 1.54) is 18.0 Å². The van der Waals surface area contributed by atoms with Gasteiger partial charge < -0.3 is 20.5 Å². The lowest BCUT2D eigenvalue weighted by molar-refractivity contribution is -0.116. The molecule has 0 spiro atoms. The van der Waals surface area contributed by atoms with Crippen LogP contribution in [0.25, 0.3) is 11.0 Å². The fourth-order valence-electron chi connectivity index (χ4n) is 4.13. The second-order valence-corrected chi connectivity index (χ2v) is 8.36. The number of furan rings is 1. The van der Waals surface area contributed by atoms with Gasteiger partial charge in [-0.1, -0.05) is 12.1 Å². The third-order valence-corrected chi connectivity index (χ3v) is 6.55. The van der Waals surface area contributed by atoms with Gasteiger partial charge in [0.2, 0.25) is 0 Å². The van der Waals surface area contributed by atoms with E-state index in [-0.39, 0.29) is 5.78 Å². The van der Waals surface area contributed by atoms with Crippen LogP contribution in [0.4, 0.5) is 0 Å². The van der Waals surface area contributed by atoms with Crippen LogP contribution < -0.4 is 11.5 Å². The lowest BCUT2D eigenvalue weighted by Crippen LogP contribution is -2.30. The van der Waals surface area contributed by atoms with E-state index in [1.807, 2.05) is 48.0 Å². The summed E-state index contributed by atoms with van der Waals surface area (Å²) < 4.78 is 8.20. The summed E-state index contributed by atoms with van der Waals surface area (Å²) in [5.41, 5.74) is 16.0. The first kappa shape index (κ1) is 18.7. The first-order valence-electron chi connectivity index (χ1n) is 9.78. The maximum Gasteiger partial charge on any atom is 0.176 e. The number of nitrogens with two attached hydrogens (primary N) is 2. The fourth-order valence-corrected chi connectivity index (χ4v) is 4.96. The Morgan fingerprint density at radius 1 is 1.23 bits per heavy atom. The normalized spacial score (nSPS) is 20.7. The minimum atomic E-state index is -0.426. The van der Waals surface area contributed by atoms with E-state index >= 15 is 0 Å².